The predicted octanol–water partition coefficient (Wildman–Crippen LogP) is 4.54. The molecule has 0 aromatic heterocycles. The minimum absolute atomic E-state index is 0.109. The number of piperidine rings is 1. The molecular formula is C27H38N2O3. The molecule has 1 atom stereocenters. The van der Waals surface area contributed by atoms with E-state index in [1.807, 2.05) is 38.2 Å². The second-order valence-electron chi connectivity index (χ2n) is 9.41. The van der Waals surface area contributed by atoms with Crippen molar-refractivity contribution in [3.8, 4) is 11.5 Å². The molecule has 5 nitrogen and oxygen atoms in total. The fourth-order valence-electron chi connectivity index (χ4n) is 4.71. The van der Waals surface area contributed by atoms with Crippen molar-refractivity contribution in [1.29, 1.82) is 0 Å². The Kier molecular flexibility index (Phi) is 8.71. The Labute approximate surface area is 193 Å². The highest BCUT2D eigenvalue weighted by Gasteiger charge is 2.34. The van der Waals surface area contributed by atoms with E-state index in [1.54, 1.807) is 14.2 Å². The van der Waals surface area contributed by atoms with Gasteiger partial charge >= 0.3 is 0 Å². The Hall–Kier alpha value is -2.37. The fraction of sp³-hybridized carbons (Fsp3) is 0.519. The second-order valence-corrected chi connectivity index (χ2v) is 9.41. The van der Waals surface area contributed by atoms with E-state index in [0.29, 0.717) is 17.4 Å². The number of ether oxygens (including phenoxy) is 2. The first-order chi connectivity index (χ1) is 15.4. The molecule has 2 aliphatic rings. The van der Waals surface area contributed by atoms with Gasteiger partial charge in [0.1, 0.15) is 0 Å². The standard InChI is InChI=1S/C24H29NO3.C3H9N/c1-27-22-14-19-13-20(24(26)21(19)15-23(22)28-2)12-17-8-10-25(11-9-17)16-18-6-4-3-5-7-18;1-4(2)3/h3-7,14-15,17,20H,8-13,16H2,1-2H3;1-3H3. The summed E-state index contributed by atoms with van der Waals surface area (Å²) in [5.41, 5.74) is 3.31. The summed E-state index contributed by atoms with van der Waals surface area (Å²) >= 11 is 0. The molecule has 2 aromatic carbocycles. The van der Waals surface area contributed by atoms with E-state index in [4.69, 9.17) is 9.47 Å². The van der Waals surface area contributed by atoms with Crippen molar-refractivity contribution in [2.45, 2.75) is 32.2 Å². The van der Waals surface area contributed by atoms with Crippen molar-refractivity contribution in [1.82, 2.24) is 9.80 Å². The normalized spacial score (nSPS) is 18.8. The van der Waals surface area contributed by atoms with Crippen LogP contribution in [0.3, 0.4) is 0 Å². The van der Waals surface area contributed by atoms with Crippen molar-refractivity contribution in [2.24, 2.45) is 11.8 Å². The highest BCUT2D eigenvalue weighted by atomic mass is 16.5. The first-order valence-electron chi connectivity index (χ1n) is 11.6. The van der Waals surface area contributed by atoms with E-state index in [1.165, 1.54) is 18.4 Å². The van der Waals surface area contributed by atoms with Crippen LogP contribution in [0.15, 0.2) is 42.5 Å². The van der Waals surface area contributed by atoms with Gasteiger partial charge in [-0.15, -0.1) is 0 Å². The minimum atomic E-state index is 0.109. The highest BCUT2D eigenvalue weighted by molar-refractivity contribution is 6.02. The third-order valence-corrected chi connectivity index (χ3v) is 6.29. The van der Waals surface area contributed by atoms with Crippen LogP contribution in [0.2, 0.25) is 0 Å². The number of rotatable bonds is 6. The van der Waals surface area contributed by atoms with Crippen LogP contribution in [0.1, 0.15) is 40.7 Å². The van der Waals surface area contributed by atoms with Gasteiger partial charge in [-0.1, -0.05) is 30.3 Å². The third kappa shape index (κ3) is 6.33. The van der Waals surface area contributed by atoms with E-state index in [-0.39, 0.29) is 11.7 Å². The van der Waals surface area contributed by atoms with E-state index in [2.05, 4.69) is 35.2 Å². The Morgan fingerprint density at radius 3 is 2.16 bits per heavy atom. The SMILES string of the molecule is CN(C)C.COc1cc2c(cc1OC)C(=O)C(CC1CCN(Cc3ccccc3)CC1)C2. The summed E-state index contributed by atoms with van der Waals surface area (Å²) in [4.78, 5) is 17.5. The van der Waals surface area contributed by atoms with Crippen LogP contribution in [-0.4, -0.2) is 64.0 Å². The zero-order chi connectivity index (χ0) is 23.1. The maximum Gasteiger partial charge on any atom is 0.166 e. The fourth-order valence-corrected chi connectivity index (χ4v) is 4.71. The molecule has 32 heavy (non-hydrogen) atoms. The Morgan fingerprint density at radius 2 is 1.56 bits per heavy atom. The summed E-state index contributed by atoms with van der Waals surface area (Å²) in [6.07, 6.45) is 4.19. The molecule has 5 heteroatoms. The molecule has 0 radical (unpaired) electrons. The van der Waals surface area contributed by atoms with Crippen LogP contribution in [0.25, 0.3) is 0 Å². The number of nitrogens with zero attached hydrogens (tertiary/aromatic N) is 2. The van der Waals surface area contributed by atoms with Gasteiger partial charge in [0.2, 0.25) is 0 Å². The summed E-state index contributed by atoms with van der Waals surface area (Å²) in [6.45, 7) is 3.27. The molecule has 2 aromatic rings. The number of fused-ring (bicyclic) bond motifs is 1. The number of hydrogen-bond donors (Lipinski definition) is 0. The number of carbonyl (C=O) groups is 1. The summed E-state index contributed by atoms with van der Waals surface area (Å²) in [5.74, 6) is 2.38. The van der Waals surface area contributed by atoms with Crippen LogP contribution in [0.4, 0.5) is 0 Å². The van der Waals surface area contributed by atoms with E-state index in [0.717, 1.165) is 43.6 Å². The Bertz CT molecular complexity index is 871. The molecule has 0 spiro atoms. The largest absolute Gasteiger partial charge is 0.493 e. The molecule has 0 saturated carbocycles. The van der Waals surface area contributed by atoms with Gasteiger partial charge in [-0.05, 0) is 89.1 Å². The second kappa shape index (κ2) is 11.5. The van der Waals surface area contributed by atoms with Crippen LogP contribution >= 0.6 is 0 Å². The van der Waals surface area contributed by atoms with Gasteiger partial charge in [-0.3, -0.25) is 9.69 Å². The molecule has 1 fully saturated rings. The quantitative estimate of drug-likeness (QED) is 0.662. The lowest BCUT2D eigenvalue weighted by atomic mass is 9.85. The van der Waals surface area contributed by atoms with Crippen molar-refractivity contribution >= 4 is 5.78 Å². The number of benzene rings is 2. The first-order valence-corrected chi connectivity index (χ1v) is 11.6. The van der Waals surface area contributed by atoms with Crippen LogP contribution in [0.5, 0.6) is 11.5 Å². The van der Waals surface area contributed by atoms with Crippen molar-refractivity contribution < 1.29 is 14.3 Å². The van der Waals surface area contributed by atoms with Gasteiger partial charge in [0.05, 0.1) is 14.2 Å². The molecule has 0 N–H and O–H groups in total. The number of methoxy groups -OCH3 is 2. The molecule has 1 heterocycles. The summed E-state index contributed by atoms with van der Waals surface area (Å²) in [6, 6.07) is 14.5. The average molecular weight is 439 g/mol. The lowest BCUT2D eigenvalue weighted by Gasteiger charge is -2.32. The predicted molar refractivity (Wildman–Crippen MR) is 130 cm³/mol. The van der Waals surface area contributed by atoms with Crippen molar-refractivity contribution in [3.05, 3.63) is 59.2 Å². The molecule has 0 bridgehead atoms. The number of Topliss-reactive ketones (excluding diaryl/α,β-unsaturated/α-hetero) is 1. The van der Waals surface area contributed by atoms with Gasteiger partial charge in [-0.2, -0.15) is 0 Å². The number of ketones is 1. The van der Waals surface area contributed by atoms with Crippen molar-refractivity contribution in [3.63, 3.8) is 0 Å². The lowest BCUT2D eigenvalue weighted by Crippen LogP contribution is -2.34. The van der Waals surface area contributed by atoms with Gasteiger partial charge in [0, 0.05) is 18.0 Å². The summed E-state index contributed by atoms with van der Waals surface area (Å²) in [5, 5.41) is 0. The first kappa shape index (κ1) is 24.3. The van der Waals surface area contributed by atoms with Crippen LogP contribution in [-0.2, 0) is 13.0 Å². The summed E-state index contributed by atoms with van der Waals surface area (Å²) in [7, 11) is 9.26. The molecular weight excluding hydrogens is 400 g/mol. The van der Waals surface area contributed by atoms with E-state index < -0.39 is 0 Å². The topological polar surface area (TPSA) is 42.0 Å². The zero-order valence-electron chi connectivity index (χ0n) is 20.3. The van der Waals surface area contributed by atoms with Gasteiger partial charge < -0.3 is 14.4 Å². The monoisotopic (exact) mass is 438 g/mol. The van der Waals surface area contributed by atoms with Gasteiger partial charge in [0.25, 0.3) is 0 Å². The van der Waals surface area contributed by atoms with Crippen LogP contribution < -0.4 is 9.47 Å². The minimum Gasteiger partial charge on any atom is -0.493 e. The van der Waals surface area contributed by atoms with Crippen LogP contribution in [0, 0.1) is 11.8 Å². The molecule has 1 unspecified atom stereocenters. The van der Waals surface area contributed by atoms with E-state index >= 15 is 0 Å². The van der Waals surface area contributed by atoms with Gasteiger partial charge in [0.15, 0.2) is 17.3 Å². The van der Waals surface area contributed by atoms with Crippen molar-refractivity contribution in [2.75, 3.05) is 48.5 Å². The highest BCUT2D eigenvalue weighted by Crippen LogP contribution is 2.39. The zero-order valence-corrected chi connectivity index (χ0v) is 20.3. The molecule has 1 aliphatic heterocycles. The van der Waals surface area contributed by atoms with Gasteiger partial charge in [-0.25, -0.2) is 0 Å². The summed E-state index contributed by atoms with van der Waals surface area (Å²) < 4.78 is 10.8. The third-order valence-electron chi connectivity index (χ3n) is 6.29. The molecule has 4 rings (SSSR count). The van der Waals surface area contributed by atoms with E-state index in [9.17, 15) is 4.79 Å². The maximum absolute atomic E-state index is 12.9. The smallest absolute Gasteiger partial charge is 0.166 e. The lowest BCUT2D eigenvalue weighted by molar-refractivity contribution is 0.0895. The Balaban J connectivity index is 0.000000668. The maximum atomic E-state index is 12.9. The molecule has 1 saturated heterocycles. The molecule has 174 valence electrons. The molecule has 1 aliphatic carbocycles. The number of carbonyl (C=O) groups excluding carboxylic acids is 1. The Morgan fingerprint density at radius 1 is 0.969 bits per heavy atom. The average Bonchev–Trinajstić information content (AvgIpc) is 3.08. The molecule has 0 amide bonds. The number of hydrogen-bond acceptors (Lipinski definition) is 5. The number of likely N-dealkylation sites (tertiary alicyclic amines) is 1.